The molecule has 0 unspecified atom stereocenters. The number of benzene rings is 2. The van der Waals surface area contributed by atoms with Gasteiger partial charge in [-0.25, -0.2) is 18.0 Å². The van der Waals surface area contributed by atoms with E-state index in [1.165, 1.54) is 12.8 Å². The Bertz CT molecular complexity index is 788. The lowest BCUT2D eigenvalue weighted by Crippen LogP contribution is -2.18. The highest BCUT2D eigenvalue weighted by atomic mass is 19.2. The molecule has 0 heterocycles. The first-order chi connectivity index (χ1) is 13.0. The quantitative estimate of drug-likeness (QED) is 0.343. The second kappa shape index (κ2) is 8.59. The second-order valence-electron chi connectivity index (χ2n) is 7.18. The van der Waals surface area contributed by atoms with E-state index in [-0.39, 0.29) is 11.7 Å². The summed E-state index contributed by atoms with van der Waals surface area (Å²) in [6.45, 7) is 2.19. The van der Waals surface area contributed by atoms with Crippen LogP contribution in [0.4, 0.5) is 13.2 Å². The van der Waals surface area contributed by atoms with Crippen LogP contribution in [0.15, 0.2) is 36.4 Å². The van der Waals surface area contributed by atoms with E-state index in [9.17, 15) is 18.0 Å². The van der Waals surface area contributed by atoms with Crippen LogP contribution < -0.4 is 4.74 Å². The molecule has 2 aromatic rings. The van der Waals surface area contributed by atoms with Gasteiger partial charge in [0.15, 0.2) is 17.5 Å². The smallest absolute Gasteiger partial charge is 0.343 e. The minimum atomic E-state index is -1.58. The van der Waals surface area contributed by atoms with Crippen LogP contribution in [0.1, 0.15) is 67.3 Å². The van der Waals surface area contributed by atoms with E-state index in [0.717, 1.165) is 37.2 Å². The van der Waals surface area contributed by atoms with Crippen molar-refractivity contribution in [2.45, 2.75) is 51.4 Å². The number of carbonyl (C=O) groups is 1. The molecule has 0 atom stereocenters. The van der Waals surface area contributed by atoms with Crippen LogP contribution in [-0.2, 0) is 0 Å². The topological polar surface area (TPSA) is 26.3 Å². The fraction of sp³-hybridized carbons (Fsp3) is 0.409. The minimum Gasteiger partial charge on any atom is -0.423 e. The molecule has 0 aromatic heterocycles. The molecule has 0 bridgehead atoms. The highest BCUT2D eigenvalue weighted by Crippen LogP contribution is 2.38. The number of rotatable bonds is 5. The molecule has 1 aliphatic rings. The van der Waals surface area contributed by atoms with E-state index in [1.54, 1.807) is 12.1 Å². The van der Waals surface area contributed by atoms with Crippen LogP contribution in [0, 0.1) is 23.4 Å². The fourth-order valence-corrected chi connectivity index (χ4v) is 3.96. The third-order valence-electron chi connectivity index (χ3n) is 5.33. The highest BCUT2D eigenvalue weighted by molar-refractivity contribution is 5.92. The molecule has 0 saturated heterocycles. The van der Waals surface area contributed by atoms with Gasteiger partial charge in [0.25, 0.3) is 0 Å². The standard InChI is InChI=1S/C22H23F3O2/c1-2-5-14-8-10-15(11-9-14)17-6-3-4-7-18(17)22(26)27-16-12-19(23)21(25)20(24)13-16/h3-4,6-7,12-15H,2,5,8-11H2,1H3. The molecule has 1 aliphatic carbocycles. The van der Waals surface area contributed by atoms with Crippen molar-refractivity contribution in [2.75, 3.05) is 0 Å². The molecule has 0 N–H and O–H groups in total. The van der Waals surface area contributed by atoms with Gasteiger partial charge in [0.05, 0.1) is 5.56 Å². The van der Waals surface area contributed by atoms with Gasteiger partial charge < -0.3 is 4.74 Å². The Kier molecular flexibility index (Phi) is 6.19. The summed E-state index contributed by atoms with van der Waals surface area (Å²) in [6.07, 6.45) is 6.71. The lowest BCUT2D eigenvalue weighted by molar-refractivity contribution is 0.0731. The average molecular weight is 376 g/mol. The van der Waals surface area contributed by atoms with Crippen molar-refractivity contribution in [3.8, 4) is 5.75 Å². The van der Waals surface area contributed by atoms with Crippen LogP contribution in [0.5, 0.6) is 5.75 Å². The van der Waals surface area contributed by atoms with Crippen molar-refractivity contribution >= 4 is 5.97 Å². The van der Waals surface area contributed by atoms with Gasteiger partial charge in [-0.2, -0.15) is 0 Å². The Labute approximate surface area is 157 Å². The van der Waals surface area contributed by atoms with Gasteiger partial charge in [-0.3, -0.25) is 0 Å². The van der Waals surface area contributed by atoms with Crippen LogP contribution in [0.3, 0.4) is 0 Å². The predicted molar refractivity (Wildman–Crippen MR) is 97.3 cm³/mol. The number of halogens is 3. The number of ether oxygens (including phenoxy) is 1. The number of hydrogen-bond donors (Lipinski definition) is 0. The van der Waals surface area contributed by atoms with Crippen molar-refractivity contribution < 1.29 is 22.7 Å². The molecule has 2 nitrogen and oxygen atoms in total. The van der Waals surface area contributed by atoms with Gasteiger partial charge in [-0.05, 0) is 49.1 Å². The zero-order chi connectivity index (χ0) is 19.4. The SMILES string of the molecule is CCCC1CCC(c2ccccc2C(=O)Oc2cc(F)c(F)c(F)c2)CC1. The average Bonchev–Trinajstić information content (AvgIpc) is 2.67. The van der Waals surface area contributed by atoms with Crippen LogP contribution in [0.2, 0.25) is 0 Å². The molecule has 0 aliphatic heterocycles. The summed E-state index contributed by atoms with van der Waals surface area (Å²) in [4.78, 5) is 12.6. The molecule has 0 spiro atoms. The van der Waals surface area contributed by atoms with E-state index < -0.39 is 23.4 Å². The van der Waals surface area contributed by atoms with Gasteiger partial charge in [0.2, 0.25) is 0 Å². The summed E-state index contributed by atoms with van der Waals surface area (Å²) in [5, 5.41) is 0. The van der Waals surface area contributed by atoms with E-state index >= 15 is 0 Å². The molecule has 0 radical (unpaired) electrons. The van der Waals surface area contributed by atoms with Crippen molar-refractivity contribution in [1.82, 2.24) is 0 Å². The third kappa shape index (κ3) is 4.52. The molecule has 0 amide bonds. The fourth-order valence-electron chi connectivity index (χ4n) is 3.96. The monoisotopic (exact) mass is 376 g/mol. The van der Waals surface area contributed by atoms with E-state index in [1.807, 2.05) is 12.1 Å². The van der Waals surface area contributed by atoms with Gasteiger partial charge in [0, 0.05) is 12.1 Å². The van der Waals surface area contributed by atoms with Gasteiger partial charge in [0.1, 0.15) is 5.75 Å². The third-order valence-corrected chi connectivity index (χ3v) is 5.33. The summed E-state index contributed by atoms with van der Waals surface area (Å²) in [5.41, 5.74) is 1.29. The summed E-state index contributed by atoms with van der Waals surface area (Å²) < 4.78 is 44.9. The Hall–Kier alpha value is -2.30. The van der Waals surface area contributed by atoms with Gasteiger partial charge in [-0.15, -0.1) is 0 Å². The highest BCUT2D eigenvalue weighted by Gasteiger charge is 2.26. The lowest BCUT2D eigenvalue weighted by Gasteiger charge is -2.29. The van der Waals surface area contributed by atoms with Crippen molar-refractivity contribution in [3.63, 3.8) is 0 Å². The maximum absolute atomic E-state index is 13.4. The lowest BCUT2D eigenvalue weighted by atomic mass is 9.76. The summed E-state index contributed by atoms with van der Waals surface area (Å²) in [5.74, 6) is -4.39. The summed E-state index contributed by atoms with van der Waals surface area (Å²) in [7, 11) is 0. The van der Waals surface area contributed by atoms with Gasteiger partial charge in [-0.1, -0.05) is 38.0 Å². The number of carbonyl (C=O) groups excluding carboxylic acids is 1. The van der Waals surface area contributed by atoms with Crippen molar-refractivity contribution in [2.24, 2.45) is 5.92 Å². The normalized spacial score (nSPS) is 19.7. The number of esters is 1. The van der Waals surface area contributed by atoms with Crippen LogP contribution >= 0.6 is 0 Å². The molecule has 2 aromatic carbocycles. The predicted octanol–water partition coefficient (Wildman–Crippen LogP) is 6.40. The van der Waals surface area contributed by atoms with Gasteiger partial charge >= 0.3 is 5.97 Å². The molecule has 144 valence electrons. The maximum atomic E-state index is 13.4. The Morgan fingerprint density at radius 3 is 2.30 bits per heavy atom. The molecular formula is C22H23F3O2. The minimum absolute atomic E-state index is 0.267. The zero-order valence-corrected chi connectivity index (χ0v) is 15.3. The largest absolute Gasteiger partial charge is 0.423 e. The zero-order valence-electron chi connectivity index (χ0n) is 15.3. The Balaban J connectivity index is 1.77. The Morgan fingerprint density at radius 1 is 1.04 bits per heavy atom. The summed E-state index contributed by atoms with van der Waals surface area (Å²) in [6, 6.07) is 8.53. The second-order valence-corrected chi connectivity index (χ2v) is 7.18. The first-order valence-corrected chi connectivity index (χ1v) is 9.45. The van der Waals surface area contributed by atoms with Crippen LogP contribution in [-0.4, -0.2) is 5.97 Å². The van der Waals surface area contributed by atoms with E-state index in [4.69, 9.17) is 4.74 Å². The Morgan fingerprint density at radius 2 is 1.67 bits per heavy atom. The van der Waals surface area contributed by atoms with E-state index in [2.05, 4.69) is 6.92 Å². The first kappa shape index (κ1) is 19.5. The van der Waals surface area contributed by atoms with Crippen molar-refractivity contribution in [3.05, 3.63) is 65.0 Å². The maximum Gasteiger partial charge on any atom is 0.343 e. The van der Waals surface area contributed by atoms with Crippen LogP contribution in [0.25, 0.3) is 0 Å². The molecule has 3 rings (SSSR count). The molecule has 5 heteroatoms. The molecule has 27 heavy (non-hydrogen) atoms. The summed E-state index contributed by atoms with van der Waals surface area (Å²) >= 11 is 0. The molecule has 1 fully saturated rings. The first-order valence-electron chi connectivity index (χ1n) is 9.45. The van der Waals surface area contributed by atoms with E-state index in [0.29, 0.717) is 17.7 Å². The number of hydrogen-bond acceptors (Lipinski definition) is 2. The van der Waals surface area contributed by atoms with Crippen molar-refractivity contribution in [1.29, 1.82) is 0 Å². The molecular weight excluding hydrogens is 353 g/mol. The molecule has 1 saturated carbocycles.